The first kappa shape index (κ1) is 29.1. The summed E-state index contributed by atoms with van der Waals surface area (Å²) in [6.45, 7) is 8.96. The standard InChI is InChI=1S/C24H40O9/c1-7-8-9-10-11-18(26)12-13-19(27)33-20-14(2)21(28)24(6,30)22(32-17(5)25)15(3)23(29)31-16(20)4/h12-16,18,20-22,26,28,30H,7-11H2,1-6H3/b13-12+/t14-,15-,16+,18-,20-,21+,22-,24-/m1/s1. The highest BCUT2D eigenvalue weighted by Gasteiger charge is 2.52. The largest absolute Gasteiger partial charge is 0.458 e. The molecule has 0 amide bonds. The Bertz CT molecular complexity index is 687. The van der Waals surface area contributed by atoms with Crippen molar-refractivity contribution in [2.75, 3.05) is 0 Å². The van der Waals surface area contributed by atoms with Crippen LogP contribution in [-0.4, -0.2) is 69.3 Å². The Kier molecular flexibility index (Phi) is 11.5. The lowest BCUT2D eigenvalue weighted by Gasteiger charge is -2.40. The third kappa shape index (κ3) is 8.39. The zero-order chi connectivity index (χ0) is 25.3. The molecule has 1 saturated heterocycles. The molecule has 8 atom stereocenters. The van der Waals surface area contributed by atoms with Crippen molar-refractivity contribution in [1.82, 2.24) is 0 Å². The lowest BCUT2D eigenvalue weighted by molar-refractivity contribution is -0.198. The number of carbonyl (C=O) groups excluding carboxylic acids is 3. The topological polar surface area (TPSA) is 140 Å². The average Bonchev–Trinajstić information content (AvgIpc) is 2.75. The monoisotopic (exact) mass is 472 g/mol. The summed E-state index contributed by atoms with van der Waals surface area (Å²) in [4.78, 5) is 36.6. The van der Waals surface area contributed by atoms with Crippen LogP contribution in [0.1, 0.15) is 73.6 Å². The lowest BCUT2D eigenvalue weighted by Crippen LogP contribution is -2.58. The van der Waals surface area contributed by atoms with Gasteiger partial charge < -0.3 is 29.5 Å². The molecule has 0 aromatic heterocycles. The summed E-state index contributed by atoms with van der Waals surface area (Å²) < 4.78 is 16.1. The van der Waals surface area contributed by atoms with Crippen molar-refractivity contribution >= 4 is 17.9 Å². The van der Waals surface area contributed by atoms with E-state index in [1.165, 1.54) is 33.8 Å². The summed E-state index contributed by atoms with van der Waals surface area (Å²) in [5.74, 6) is -4.24. The van der Waals surface area contributed by atoms with Gasteiger partial charge in [0.1, 0.15) is 23.9 Å². The molecular formula is C24H40O9. The predicted molar refractivity (Wildman–Crippen MR) is 120 cm³/mol. The van der Waals surface area contributed by atoms with Gasteiger partial charge in [-0.2, -0.15) is 0 Å². The van der Waals surface area contributed by atoms with Crippen molar-refractivity contribution in [3.05, 3.63) is 12.2 Å². The maximum absolute atomic E-state index is 12.6. The number of carbonyl (C=O) groups is 3. The van der Waals surface area contributed by atoms with Crippen molar-refractivity contribution in [2.24, 2.45) is 11.8 Å². The minimum Gasteiger partial charge on any atom is -0.458 e. The van der Waals surface area contributed by atoms with E-state index < -0.39 is 65.9 Å². The molecule has 0 saturated carbocycles. The summed E-state index contributed by atoms with van der Waals surface area (Å²) in [5.41, 5.74) is -2.03. The van der Waals surface area contributed by atoms with Crippen LogP contribution in [0.4, 0.5) is 0 Å². The van der Waals surface area contributed by atoms with Crippen LogP contribution in [0.25, 0.3) is 0 Å². The fourth-order valence-corrected chi connectivity index (χ4v) is 4.14. The van der Waals surface area contributed by atoms with Gasteiger partial charge in [-0.25, -0.2) is 4.79 Å². The molecular weight excluding hydrogens is 432 g/mol. The molecule has 1 rings (SSSR count). The highest BCUT2D eigenvalue weighted by molar-refractivity contribution is 5.82. The molecule has 9 nitrogen and oxygen atoms in total. The van der Waals surface area contributed by atoms with Crippen LogP contribution in [0.15, 0.2) is 12.2 Å². The van der Waals surface area contributed by atoms with Crippen LogP contribution < -0.4 is 0 Å². The third-order valence-corrected chi connectivity index (χ3v) is 6.13. The first-order valence-electron chi connectivity index (χ1n) is 11.7. The van der Waals surface area contributed by atoms with E-state index in [4.69, 9.17) is 14.2 Å². The Morgan fingerprint density at radius 3 is 2.39 bits per heavy atom. The minimum atomic E-state index is -2.03. The van der Waals surface area contributed by atoms with Gasteiger partial charge in [0.2, 0.25) is 0 Å². The number of aliphatic hydroxyl groups excluding tert-OH is 2. The normalized spacial score (nSPS) is 34.0. The average molecular weight is 473 g/mol. The van der Waals surface area contributed by atoms with E-state index in [-0.39, 0.29) is 0 Å². The van der Waals surface area contributed by atoms with Crippen molar-refractivity contribution in [1.29, 1.82) is 0 Å². The number of hydrogen-bond acceptors (Lipinski definition) is 9. The second-order valence-electron chi connectivity index (χ2n) is 9.17. The number of esters is 3. The van der Waals surface area contributed by atoms with Crippen molar-refractivity contribution in [3.63, 3.8) is 0 Å². The fraction of sp³-hybridized carbons (Fsp3) is 0.792. The summed E-state index contributed by atoms with van der Waals surface area (Å²) in [6, 6.07) is 0. The van der Waals surface area contributed by atoms with E-state index in [1.807, 2.05) is 0 Å². The predicted octanol–water partition coefficient (Wildman–Crippen LogP) is 2.05. The first-order chi connectivity index (χ1) is 15.3. The van der Waals surface area contributed by atoms with Gasteiger partial charge in [0, 0.05) is 18.9 Å². The molecule has 1 aliphatic heterocycles. The van der Waals surface area contributed by atoms with Gasteiger partial charge >= 0.3 is 17.9 Å². The smallest absolute Gasteiger partial charge is 0.330 e. The highest BCUT2D eigenvalue weighted by Crippen LogP contribution is 2.34. The maximum atomic E-state index is 12.6. The molecule has 0 aromatic carbocycles. The molecule has 1 aliphatic rings. The zero-order valence-electron chi connectivity index (χ0n) is 20.5. The molecule has 0 spiro atoms. The van der Waals surface area contributed by atoms with E-state index in [1.54, 1.807) is 0 Å². The summed E-state index contributed by atoms with van der Waals surface area (Å²) >= 11 is 0. The minimum absolute atomic E-state index is 0.522. The Morgan fingerprint density at radius 2 is 1.82 bits per heavy atom. The molecule has 3 N–H and O–H groups in total. The highest BCUT2D eigenvalue weighted by atomic mass is 16.6. The molecule has 0 aliphatic carbocycles. The number of hydrogen-bond donors (Lipinski definition) is 3. The van der Waals surface area contributed by atoms with Crippen molar-refractivity contribution in [3.8, 4) is 0 Å². The van der Waals surface area contributed by atoms with Gasteiger partial charge in [-0.15, -0.1) is 0 Å². The molecule has 0 unspecified atom stereocenters. The Morgan fingerprint density at radius 1 is 1.18 bits per heavy atom. The molecule has 0 radical (unpaired) electrons. The molecule has 0 bridgehead atoms. The Labute approximate surface area is 196 Å². The Hall–Kier alpha value is -1.97. The van der Waals surface area contributed by atoms with Gasteiger partial charge in [-0.05, 0) is 33.3 Å². The molecule has 1 fully saturated rings. The molecule has 1 heterocycles. The number of rotatable bonds is 9. The number of ether oxygens (including phenoxy) is 3. The van der Waals surface area contributed by atoms with Gasteiger partial charge in [0.15, 0.2) is 0 Å². The van der Waals surface area contributed by atoms with Crippen LogP contribution in [0, 0.1) is 11.8 Å². The van der Waals surface area contributed by atoms with Gasteiger partial charge in [0.05, 0.1) is 18.1 Å². The molecule has 190 valence electrons. The molecule has 9 heteroatoms. The number of cyclic esters (lactones) is 1. The maximum Gasteiger partial charge on any atom is 0.330 e. The SMILES string of the molecule is CCCCCC[C@@H](O)/C=C/C(=O)O[C@@H]1[C@@H](C)[C@H](O)[C@@](C)(O)[C@H](OC(C)=O)[C@@H](C)C(=O)O[C@H]1C. The number of unbranched alkanes of at least 4 members (excludes halogenated alkanes) is 3. The summed E-state index contributed by atoms with van der Waals surface area (Å²) in [6.07, 6.45) is 1.24. The van der Waals surface area contributed by atoms with E-state index in [0.29, 0.717) is 6.42 Å². The van der Waals surface area contributed by atoms with Crippen LogP contribution >= 0.6 is 0 Å². The van der Waals surface area contributed by atoms with E-state index in [2.05, 4.69) is 6.92 Å². The lowest BCUT2D eigenvalue weighted by atomic mass is 9.78. The van der Waals surface area contributed by atoms with E-state index in [9.17, 15) is 29.7 Å². The first-order valence-corrected chi connectivity index (χ1v) is 11.7. The zero-order valence-corrected chi connectivity index (χ0v) is 20.5. The van der Waals surface area contributed by atoms with E-state index >= 15 is 0 Å². The van der Waals surface area contributed by atoms with Crippen LogP contribution in [0.5, 0.6) is 0 Å². The second kappa shape index (κ2) is 13.1. The van der Waals surface area contributed by atoms with Gasteiger partial charge in [0.25, 0.3) is 0 Å². The van der Waals surface area contributed by atoms with Crippen LogP contribution in [0.3, 0.4) is 0 Å². The molecule has 33 heavy (non-hydrogen) atoms. The molecule has 0 aromatic rings. The fourth-order valence-electron chi connectivity index (χ4n) is 4.14. The summed E-state index contributed by atoms with van der Waals surface area (Å²) in [7, 11) is 0. The van der Waals surface area contributed by atoms with Crippen LogP contribution in [-0.2, 0) is 28.6 Å². The summed E-state index contributed by atoms with van der Waals surface area (Å²) in [5, 5.41) is 32.0. The second-order valence-corrected chi connectivity index (χ2v) is 9.17. The number of aliphatic hydroxyl groups is 3. The third-order valence-electron chi connectivity index (χ3n) is 6.13. The van der Waals surface area contributed by atoms with Crippen molar-refractivity contribution in [2.45, 2.75) is 110 Å². The van der Waals surface area contributed by atoms with Crippen molar-refractivity contribution < 1.29 is 43.9 Å². The van der Waals surface area contributed by atoms with Gasteiger partial charge in [-0.3, -0.25) is 9.59 Å². The van der Waals surface area contributed by atoms with E-state index in [0.717, 1.165) is 38.7 Å². The Balaban J connectivity index is 3.01. The van der Waals surface area contributed by atoms with Crippen LogP contribution in [0.2, 0.25) is 0 Å². The quantitative estimate of drug-likeness (QED) is 0.199. The van der Waals surface area contributed by atoms with Gasteiger partial charge in [-0.1, -0.05) is 39.5 Å².